The lowest BCUT2D eigenvalue weighted by Gasteiger charge is -2.27. The van der Waals surface area contributed by atoms with Gasteiger partial charge in [-0.2, -0.15) is 0 Å². The molecule has 11 aromatic rings. The molecular formula is C52H34N2S. The van der Waals surface area contributed by atoms with Gasteiger partial charge in [0.05, 0.1) is 16.7 Å². The second-order valence-corrected chi connectivity index (χ2v) is 15.2. The van der Waals surface area contributed by atoms with Crippen LogP contribution in [0, 0.1) is 0 Å². The Bertz CT molecular complexity index is 3190. The lowest BCUT2D eigenvalue weighted by molar-refractivity contribution is 1.18. The molecule has 3 heteroatoms. The van der Waals surface area contributed by atoms with Gasteiger partial charge in [-0.3, -0.25) is 0 Å². The number of benzene rings is 9. The summed E-state index contributed by atoms with van der Waals surface area (Å²) in [6.07, 6.45) is 0. The number of para-hydroxylation sites is 2. The first-order valence-electron chi connectivity index (χ1n) is 18.8. The van der Waals surface area contributed by atoms with E-state index in [0.717, 1.165) is 22.7 Å². The third-order valence-corrected chi connectivity index (χ3v) is 12.2. The lowest BCUT2D eigenvalue weighted by atomic mass is 9.99. The molecule has 11 rings (SSSR count). The molecule has 0 saturated carbocycles. The SMILES string of the molecule is c1ccc(-c2cccc(N(c3ccccc3)c3cccc4c3c3ccccc3n4-c3ccc(-c4ccc5ccc6c7ccccc7sc6c5c4)cc3)c2)cc1. The number of hydrogen-bond donors (Lipinski definition) is 0. The van der Waals surface area contributed by atoms with Gasteiger partial charge in [-0.25, -0.2) is 0 Å². The predicted molar refractivity (Wildman–Crippen MR) is 237 cm³/mol. The fourth-order valence-electron chi connectivity index (χ4n) is 8.41. The van der Waals surface area contributed by atoms with Crippen molar-refractivity contribution >= 4 is 81.1 Å². The van der Waals surface area contributed by atoms with Gasteiger partial charge in [0.2, 0.25) is 0 Å². The van der Waals surface area contributed by atoms with Crippen LogP contribution in [0.1, 0.15) is 0 Å². The van der Waals surface area contributed by atoms with Crippen LogP contribution in [0.25, 0.3) is 80.7 Å². The van der Waals surface area contributed by atoms with Crippen LogP contribution >= 0.6 is 11.3 Å². The van der Waals surface area contributed by atoms with Crippen molar-refractivity contribution in [3.8, 4) is 27.9 Å². The Morgan fingerprint density at radius 2 is 1.00 bits per heavy atom. The Hall–Kier alpha value is -6.94. The summed E-state index contributed by atoms with van der Waals surface area (Å²) in [4.78, 5) is 2.40. The zero-order chi connectivity index (χ0) is 36.3. The molecule has 0 unspecified atom stereocenters. The van der Waals surface area contributed by atoms with Crippen molar-refractivity contribution in [2.75, 3.05) is 4.90 Å². The molecule has 0 N–H and O–H groups in total. The number of rotatable bonds is 6. The monoisotopic (exact) mass is 718 g/mol. The van der Waals surface area contributed by atoms with E-state index in [1.807, 2.05) is 11.3 Å². The summed E-state index contributed by atoms with van der Waals surface area (Å²) in [5.74, 6) is 0. The molecule has 2 heterocycles. The quantitative estimate of drug-likeness (QED) is 0.166. The summed E-state index contributed by atoms with van der Waals surface area (Å²) in [6.45, 7) is 0. The minimum absolute atomic E-state index is 1.12. The highest BCUT2D eigenvalue weighted by molar-refractivity contribution is 7.26. The highest BCUT2D eigenvalue weighted by Gasteiger charge is 2.21. The lowest BCUT2D eigenvalue weighted by Crippen LogP contribution is -2.10. The Labute approximate surface area is 323 Å². The average molecular weight is 719 g/mol. The average Bonchev–Trinajstić information content (AvgIpc) is 3.81. The van der Waals surface area contributed by atoms with Gasteiger partial charge in [-0.05, 0) is 94.4 Å². The normalized spacial score (nSPS) is 11.6. The van der Waals surface area contributed by atoms with Crippen molar-refractivity contribution in [1.82, 2.24) is 4.57 Å². The van der Waals surface area contributed by atoms with Gasteiger partial charge in [0.15, 0.2) is 0 Å². The van der Waals surface area contributed by atoms with Gasteiger partial charge in [-0.1, -0.05) is 140 Å². The van der Waals surface area contributed by atoms with Crippen LogP contribution in [-0.2, 0) is 0 Å². The van der Waals surface area contributed by atoms with Crippen molar-refractivity contribution in [3.05, 3.63) is 206 Å². The number of aromatic nitrogens is 1. The zero-order valence-electron chi connectivity index (χ0n) is 29.9. The summed E-state index contributed by atoms with van der Waals surface area (Å²) in [6, 6.07) is 75.0. The molecule has 258 valence electrons. The fraction of sp³-hybridized carbons (Fsp3) is 0. The van der Waals surface area contributed by atoms with E-state index < -0.39 is 0 Å². The minimum atomic E-state index is 1.12. The molecule has 0 bridgehead atoms. The van der Waals surface area contributed by atoms with E-state index in [0.29, 0.717) is 0 Å². The van der Waals surface area contributed by atoms with E-state index in [9.17, 15) is 0 Å². The molecule has 0 radical (unpaired) electrons. The number of hydrogen-bond acceptors (Lipinski definition) is 2. The summed E-state index contributed by atoms with van der Waals surface area (Å²) in [5, 5.41) is 7.70. The standard InChI is InChI=1S/C52H34N2S/c1-3-13-35(14-4-1)38-15-11-18-42(33-38)53(40-16-5-2-6-17-40)48-22-12-23-49-51(48)45-20-7-9-21-47(45)54(49)41-30-27-36(28-31-41)39-26-25-37-29-32-44-43-19-8-10-24-50(43)55-52(44)46(37)34-39/h1-34H. The predicted octanol–water partition coefficient (Wildman–Crippen LogP) is 15.1. The van der Waals surface area contributed by atoms with Crippen LogP contribution in [-0.4, -0.2) is 4.57 Å². The summed E-state index contributed by atoms with van der Waals surface area (Å²) < 4.78 is 5.11. The first kappa shape index (κ1) is 31.6. The molecule has 9 aromatic carbocycles. The number of anilines is 3. The van der Waals surface area contributed by atoms with Crippen molar-refractivity contribution < 1.29 is 0 Å². The molecule has 0 aliphatic heterocycles. The summed E-state index contributed by atoms with van der Waals surface area (Å²) >= 11 is 1.89. The Balaban J connectivity index is 1.05. The van der Waals surface area contributed by atoms with Gasteiger partial charge in [-0.15, -0.1) is 11.3 Å². The highest BCUT2D eigenvalue weighted by Crippen LogP contribution is 2.45. The van der Waals surface area contributed by atoms with Gasteiger partial charge in [0.25, 0.3) is 0 Å². The van der Waals surface area contributed by atoms with Gasteiger partial charge in [0, 0.05) is 53.4 Å². The Morgan fingerprint density at radius 1 is 0.382 bits per heavy atom. The Morgan fingerprint density at radius 3 is 1.85 bits per heavy atom. The molecule has 2 nitrogen and oxygen atoms in total. The van der Waals surface area contributed by atoms with Crippen LogP contribution in [0.2, 0.25) is 0 Å². The maximum Gasteiger partial charge on any atom is 0.0562 e. The van der Waals surface area contributed by atoms with E-state index in [1.54, 1.807) is 0 Å². The molecule has 55 heavy (non-hydrogen) atoms. The van der Waals surface area contributed by atoms with E-state index in [-0.39, 0.29) is 0 Å². The van der Waals surface area contributed by atoms with Gasteiger partial charge < -0.3 is 9.47 Å². The molecule has 0 saturated heterocycles. The van der Waals surface area contributed by atoms with E-state index in [4.69, 9.17) is 0 Å². The first-order chi connectivity index (χ1) is 27.3. The molecule has 0 aliphatic carbocycles. The minimum Gasteiger partial charge on any atom is -0.310 e. The van der Waals surface area contributed by atoms with Crippen LogP contribution in [0.4, 0.5) is 17.1 Å². The van der Waals surface area contributed by atoms with E-state index >= 15 is 0 Å². The largest absolute Gasteiger partial charge is 0.310 e. The molecule has 0 aliphatic rings. The third kappa shape index (κ3) is 5.24. The second kappa shape index (κ2) is 12.9. The third-order valence-electron chi connectivity index (χ3n) is 11.0. The second-order valence-electron chi connectivity index (χ2n) is 14.1. The van der Waals surface area contributed by atoms with Gasteiger partial charge >= 0.3 is 0 Å². The first-order valence-corrected chi connectivity index (χ1v) is 19.6. The number of thiophene rings is 1. The number of nitrogens with zero attached hydrogens (tertiary/aromatic N) is 2. The molecule has 0 atom stereocenters. The molecular weight excluding hydrogens is 685 g/mol. The van der Waals surface area contributed by atoms with Crippen molar-refractivity contribution in [2.45, 2.75) is 0 Å². The summed E-state index contributed by atoms with van der Waals surface area (Å²) in [7, 11) is 0. The van der Waals surface area contributed by atoms with Crippen molar-refractivity contribution in [2.24, 2.45) is 0 Å². The number of fused-ring (bicyclic) bond motifs is 8. The maximum atomic E-state index is 2.42. The zero-order valence-corrected chi connectivity index (χ0v) is 30.7. The smallest absolute Gasteiger partial charge is 0.0562 e. The molecule has 2 aromatic heterocycles. The van der Waals surface area contributed by atoms with Crippen LogP contribution < -0.4 is 4.90 Å². The molecule has 0 spiro atoms. The van der Waals surface area contributed by atoms with Crippen LogP contribution in [0.5, 0.6) is 0 Å². The topological polar surface area (TPSA) is 8.17 Å². The summed E-state index contributed by atoms with van der Waals surface area (Å²) in [5.41, 5.74) is 11.7. The van der Waals surface area contributed by atoms with Crippen LogP contribution in [0.3, 0.4) is 0 Å². The highest BCUT2D eigenvalue weighted by atomic mass is 32.1. The molecule has 0 amide bonds. The van der Waals surface area contributed by atoms with Crippen LogP contribution in [0.15, 0.2) is 206 Å². The van der Waals surface area contributed by atoms with Gasteiger partial charge in [0.1, 0.15) is 0 Å². The van der Waals surface area contributed by atoms with E-state index in [2.05, 4.69) is 216 Å². The Kier molecular flexibility index (Phi) is 7.39. The molecule has 0 fully saturated rings. The van der Waals surface area contributed by atoms with Crippen molar-refractivity contribution in [3.63, 3.8) is 0 Å². The van der Waals surface area contributed by atoms with Crippen molar-refractivity contribution in [1.29, 1.82) is 0 Å². The maximum absolute atomic E-state index is 2.42. The fourth-order valence-corrected chi connectivity index (χ4v) is 9.64. The van der Waals surface area contributed by atoms with E-state index in [1.165, 1.54) is 75.0 Å².